The molecule has 0 aliphatic carbocycles. The van der Waals surface area contributed by atoms with Crippen LogP contribution in [0, 0.1) is 25.2 Å². The Morgan fingerprint density at radius 2 is 2.11 bits per heavy atom. The molecule has 0 aliphatic rings. The summed E-state index contributed by atoms with van der Waals surface area (Å²) in [7, 11) is 0. The normalized spacial score (nSPS) is 10.8. The van der Waals surface area contributed by atoms with Crippen molar-refractivity contribution in [3.05, 3.63) is 40.5 Å². The van der Waals surface area contributed by atoms with Gasteiger partial charge in [-0.1, -0.05) is 18.2 Å². The molecule has 3 rings (SSSR count). The molecule has 3 aromatic rings. The number of nitriles is 1. The molecule has 2 heterocycles. The van der Waals surface area contributed by atoms with Gasteiger partial charge in [-0.25, -0.2) is 4.98 Å². The van der Waals surface area contributed by atoms with Crippen LogP contribution in [-0.4, -0.2) is 9.97 Å². The second kappa shape index (κ2) is 4.52. The predicted octanol–water partition coefficient (Wildman–Crippen LogP) is 3.97. The first-order chi connectivity index (χ1) is 9.20. The van der Waals surface area contributed by atoms with E-state index in [-0.39, 0.29) is 0 Å². The molecule has 94 valence electrons. The van der Waals surface area contributed by atoms with Gasteiger partial charge in [-0.05, 0) is 19.9 Å². The molecule has 0 aliphatic heterocycles. The van der Waals surface area contributed by atoms with Crippen LogP contribution in [0.15, 0.2) is 24.3 Å². The van der Waals surface area contributed by atoms with Gasteiger partial charge in [-0.3, -0.25) is 0 Å². The number of aromatic nitrogens is 2. The number of aryl methyl sites for hydroxylation is 2. The Balaban J connectivity index is 2.22. The van der Waals surface area contributed by atoms with Crippen LogP contribution in [0.2, 0.25) is 0 Å². The Hall–Kier alpha value is -2.12. The first kappa shape index (κ1) is 11.9. The van der Waals surface area contributed by atoms with Gasteiger partial charge in [0.1, 0.15) is 5.01 Å². The molecule has 0 saturated carbocycles. The number of thiazole rings is 1. The molecular weight excluding hydrogens is 254 g/mol. The van der Waals surface area contributed by atoms with E-state index < -0.39 is 0 Å². The van der Waals surface area contributed by atoms with Gasteiger partial charge in [0.05, 0.1) is 18.2 Å². The average molecular weight is 267 g/mol. The summed E-state index contributed by atoms with van der Waals surface area (Å²) in [4.78, 5) is 9.08. The highest BCUT2D eigenvalue weighted by molar-refractivity contribution is 7.15. The van der Waals surface area contributed by atoms with E-state index in [1.807, 2.05) is 19.1 Å². The van der Waals surface area contributed by atoms with Crippen molar-refractivity contribution >= 4 is 22.2 Å². The van der Waals surface area contributed by atoms with Crippen LogP contribution in [0.25, 0.3) is 21.5 Å². The molecule has 1 N–H and O–H groups in total. The van der Waals surface area contributed by atoms with Gasteiger partial charge in [0.2, 0.25) is 0 Å². The molecule has 0 fully saturated rings. The highest BCUT2D eigenvalue weighted by Crippen LogP contribution is 2.35. The second-order valence-corrected chi connectivity index (χ2v) is 5.62. The molecule has 2 aromatic heterocycles. The average Bonchev–Trinajstić information content (AvgIpc) is 2.90. The molecule has 0 unspecified atom stereocenters. The molecule has 0 bridgehead atoms. The predicted molar refractivity (Wildman–Crippen MR) is 78.2 cm³/mol. The van der Waals surface area contributed by atoms with E-state index in [0.29, 0.717) is 6.42 Å². The maximum absolute atomic E-state index is 8.83. The third-order valence-electron chi connectivity index (χ3n) is 3.24. The first-order valence-electron chi connectivity index (χ1n) is 6.11. The lowest BCUT2D eigenvalue weighted by Crippen LogP contribution is -1.80. The topological polar surface area (TPSA) is 52.5 Å². The molecule has 0 spiro atoms. The third-order valence-corrected chi connectivity index (χ3v) is 4.41. The Labute approximate surface area is 115 Å². The smallest absolute Gasteiger partial charge is 0.126 e. The maximum atomic E-state index is 8.83. The Bertz CT molecular complexity index is 789. The number of hydrogen-bond acceptors (Lipinski definition) is 3. The fourth-order valence-electron chi connectivity index (χ4n) is 2.32. The molecule has 0 atom stereocenters. The van der Waals surface area contributed by atoms with Crippen molar-refractivity contribution in [3.63, 3.8) is 0 Å². The number of H-pyrrole nitrogens is 1. The molecule has 0 saturated heterocycles. The molecule has 4 heteroatoms. The number of nitrogens with zero attached hydrogens (tertiary/aromatic N) is 2. The van der Waals surface area contributed by atoms with Crippen LogP contribution < -0.4 is 0 Å². The largest absolute Gasteiger partial charge is 0.358 e. The zero-order valence-corrected chi connectivity index (χ0v) is 11.6. The maximum Gasteiger partial charge on any atom is 0.126 e. The van der Waals surface area contributed by atoms with Gasteiger partial charge >= 0.3 is 0 Å². The van der Waals surface area contributed by atoms with Gasteiger partial charge in [-0.15, -0.1) is 11.3 Å². The van der Waals surface area contributed by atoms with Crippen LogP contribution in [0.5, 0.6) is 0 Å². The summed E-state index contributed by atoms with van der Waals surface area (Å²) >= 11 is 1.62. The lowest BCUT2D eigenvalue weighted by molar-refractivity contribution is 1.18. The van der Waals surface area contributed by atoms with Crippen LogP contribution in [0.3, 0.4) is 0 Å². The van der Waals surface area contributed by atoms with E-state index in [1.54, 1.807) is 11.3 Å². The third kappa shape index (κ3) is 1.92. The molecule has 0 radical (unpaired) electrons. The highest BCUT2D eigenvalue weighted by Gasteiger charge is 2.15. The minimum atomic E-state index is 0.435. The van der Waals surface area contributed by atoms with Gasteiger partial charge in [0, 0.05) is 27.0 Å². The number of nitrogens with one attached hydrogen (secondary N) is 1. The Morgan fingerprint density at radius 1 is 1.32 bits per heavy atom. The van der Waals surface area contributed by atoms with Crippen LogP contribution >= 0.6 is 11.3 Å². The zero-order valence-electron chi connectivity index (χ0n) is 10.8. The molecule has 0 amide bonds. The zero-order chi connectivity index (χ0) is 13.4. The van der Waals surface area contributed by atoms with E-state index in [4.69, 9.17) is 5.26 Å². The van der Waals surface area contributed by atoms with E-state index in [2.05, 4.69) is 35.1 Å². The van der Waals surface area contributed by atoms with Crippen molar-refractivity contribution < 1.29 is 0 Å². The Morgan fingerprint density at radius 3 is 2.89 bits per heavy atom. The monoisotopic (exact) mass is 267 g/mol. The first-order valence-corrected chi connectivity index (χ1v) is 6.93. The summed E-state index contributed by atoms with van der Waals surface area (Å²) in [5, 5.41) is 11.0. The van der Waals surface area contributed by atoms with E-state index in [1.165, 1.54) is 5.39 Å². The van der Waals surface area contributed by atoms with E-state index in [9.17, 15) is 0 Å². The number of rotatable bonds is 2. The fraction of sp³-hybridized carbons (Fsp3) is 0.200. The molecule has 1 aromatic carbocycles. The van der Waals surface area contributed by atoms with Crippen molar-refractivity contribution in [2.45, 2.75) is 20.3 Å². The standard InChI is InChI=1S/C15H13N3S/c1-9-13(7-8-16)19-15(18-9)14-10(2)17-12-6-4-3-5-11(12)14/h3-6,17H,7H2,1-2H3. The number of fused-ring (bicyclic) bond motifs is 1. The molecule has 3 nitrogen and oxygen atoms in total. The van der Waals surface area contributed by atoms with E-state index in [0.717, 1.165) is 32.4 Å². The minimum Gasteiger partial charge on any atom is -0.358 e. The quantitative estimate of drug-likeness (QED) is 0.763. The van der Waals surface area contributed by atoms with Crippen molar-refractivity contribution in [2.75, 3.05) is 0 Å². The van der Waals surface area contributed by atoms with Gasteiger partial charge in [0.15, 0.2) is 0 Å². The van der Waals surface area contributed by atoms with Gasteiger partial charge in [0.25, 0.3) is 0 Å². The van der Waals surface area contributed by atoms with Gasteiger partial charge in [-0.2, -0.15) is 5.26 Å². The minimum absolute atomic E-state index is 0.435. The van der Waals surface area contributed by atoms with Crippen molar-refractivity contribution in [3.8, 4) is 16.6 Å². The fourth-order valence-corrected chi connectivity index (χ4v) is 3.43. The highest BCUT2D eigenvalue weighted by atomic mass is 32.1. The number of aromatic amines is 1. The Kier molecular flexibility index (Phi) is 2.84. The van der Waals surface area contributed by atoms with Crippen LogP contribution in [-0.2, 0) is 6.42 Å². The van der Waals surface area contributed by atoms with Crippen molar-refractivity contribution in [1.82, 2.24) is 9.97 Å². The summed E-state index contributed by atoms with van der Waals surface area (Å²) in [6, 6.07) is 10.4. The molecular formula is C15H13N3S. The molecule has 19 heavy (non-hydrogen) atoms. The number of para-hydroxylation sites is 1. The number of hydrogen-bond donors (Lipinski definition) is 1. The SMILES string of the molecule is Cc1nc(-c2c(C)[nH]c3ccccc23)sc1CC#N. The van der Waals surface area contributed by atoms with Crippen LogP contribution in [0.1, 0.15) is 16.3 Å². The van der Waals surface area contributed by atoms with E-state index >= 15 is 0 Å². The summed E-state index contributed by atoms with van der Waals surface area (Å²) < 4.78 is 0. The number of benzene rings is 1. The van der Waals surface area contributed by atoms with Crippen molar-refractivity contribution in [1.29, 1.82) is 5.26 Å². The van der Waals surface area contributed by atoms with Crippen molar-refractivity contribution in [2.24, 2.45) is 0 Å². The second-order valence-electron chi connectivity index (χ2n) is 4.53. The van der Waals surface area contributed by atoms with Gasteiger partial charge < -0.3 is 4.98 Å². The lowest BCUT2D eigenvalue weighted by atomic mass is 10.1. The lowest BCUT2D eigenvalue weighted by Gasteiger charge is -1.95. The van der Waals surface area contributed by atoms with Crippen LogP contribution in [0.4, 0.5) is 0 Å². The summed E-state index contributed by atoms with van der Waals surface area (Å²) in [6.45, 7) is 4.03. The summed E-state index contributed by atoms with van der Waals surface area (Å²) in [6.07, 6.45) is 0.435. The summed E-state index contributed by atoms with van der Waals surface area (Å²) in [5.41, 5.74) is 4.38. The summed E-state index contributed by atoms with van der Waals surface area (Å²) in [5.74, 6) is 0.